The van der Waals surface area contributed by atoms with Crippen molar-refractivity contribution < 1.29 is 9.60 Å². The van der Waals surface area contributed by atoms with Crippen molar-refractivity contribution in [3.8, 4) is 11.1 Å². The first-order valence-corrected chi connectivity index (χ1v) is 5.29. The Labute approximate surface area is 110 Å². The molecule has 0 aliphatic carbocycles. The van der Waals surface area contributed by atoms with Gasteiger partial charge in [0.1, 0.15) is 0 Å². The van der Waals surface area contributed by atoms with E-state index in [1.54, 1.807) is 0 Å². The second-order valence-electron chi connectivity index (χ2n) is 2.47. The Hall–Kier alpha value is -0.600. The molecule has 2 rings (SSSR count). The van der Waals surface area contributed by atoms with E-state index in [1.807, 2.05) is 0 Å². The lowest BCUT2D eigenvalue weighted by Crippen LogP contribution is -1.77. The molecule has 0 aliphatic heterocycles. The van der Waals surface area contributed by atoms with Crippen LogP contribution in [0.5, 0.6) is 0 Å². The number of hydrogen-bond acceptors (Lipinski definition) is 0. The fourth-order valence-electron chi connectivity index (χ4n) is 0.954. The second kappa shape index (κ2) is 4.28. The zero-order chi connectivity index (χ0) is 16.1. The molecule has 0 saturated carbocycles. The van der Waals surface area contributed by atoms with Gasteiger partial charge in [-0.1, -0.05) is 62.1 Å². The molecular formula is C12H8Br2. The molecule has 0 radical (unpaired) electrons. The van der Waals surface area contributed by atoms with E-state index in [0.717, 1.165) is 0 Å². The fourth-order valence-corrected chi connectivity index (χ4v) is 2.12. The lowest BCUT2D eigenvalue weighted by Gasteiger charge is -2.02. The molecule has 2 aromatic carbocycles. The van der Waals surface area contributed by atoms with Crippen molar-refractivity contribution in [1.29, 1.82) is 0 Å². The molecule has 0 aromatic heterocycles. The minimum atomic E-state index is -0.499. The van der Waals surface area contributed by atoms with E-state index in [2.05, 4.69) is 31.9 Å². The van der Waals surface area contributed by atoms with Crippen molar-refractivity contribution in [2.75, 3.05) is 0 Å². The highest BCUT2D eigenvalue weighted by molar-refractivity contribution is 9.11. The summed E-state index contributed by atoms with van der Waals surface area (Å²) >= 11 is 6.35. The fraction of sp³-hybridized carbons (Fsp3) is 0. The average molecular weight is 319 g/mol. The van der Waals surface area contributed by atoms with Gasteiger partial charge in [0.05, 0.1) is 9.60 Å². The van der Waals surface area contributed by atoms with E-state index in [1.165, 1.54) is 6.07 Å². The molecule has 2 aromatic rings. The van der Waals surface area contributed by atoms with Gasteiger partial charge >= 0.3 is 0 Å². The van der Waals surface area contributed by atoms with Crippen LogP contribution < -0.4 is 0 Å². The predicted molar refractivity (Wildman–Crippen MR) is 67.3 cm³/mol. The van der Waals surface area contributed by atoms with Gasteiger partial charge in [-0.3, -0.25) is 0 Å². The quantitative estimate of drug-likeness (QED) is 0.703. The van der Waals surface area contributed by atoms with Crippen LogP contribution in [0, 0.1) is 0 Å². The largest absolute Gasteiger partial charge is 0.0641 e. The third kappa shape index (κ3) is 2.25. The van der Waals surface area contributed by atoms with E-state index in [4.69, 9.17) is 9.60 Å². The van der Waals surface area contributed by atoms with Gasteiger partial charge < -0.3 is 0 Å². The van der Waals surface area contributed by atoms with Crippen LogP contribution in [0.1, 0.15) is 9.60 Å². The summed E-state index contributed by atoms with van der Waals surface area (Å²) in [5.74, 6) is 0. The first-order chi connectivity index (χ1) is 9.68. The first kappa shape index (κ1) is 4.50. The van der Waals surface area contributed by atoms with E-state index in [-0.39, 0.29) is 23.2 Å². The molecule has 0 unspecified atom stereocenters. The molecule has 0 spiro atoms. The SMILES string of the molecule is [2H]c1c([2H])c([2H])c(-c2c([2H])c(Br)cc(Br)c2[2H])c([2H])c1[2H]. The Bertz CT molecular complexity index is 703. The van der Waals surface area contributed by atoms with Crippen LogP contribution in [-0.2, 0) is 0 Å². The highest BCUT2D eigenvalue weighted by Gasteiger charge is 1.99. The van der Waals surface area contributed by atoms with Gasteiger partial charge in [-0.2, -0.15) is 0 Å². The summed E-state index contributed by atoms with van der Waals surface area (Å²) in [5.41, 5.74) is -0.147. The molecule has 0 aliphatic rings. The molecule has 14 heavy (non-hydrogen) atoms. The molecular weight excluding hydrogens is 304 g/mol. The summed E-state index contributed by atoms with van der Waals surface area (Å²) in [7, 11) is 0. The van der Waals surface area contributed by atoms with Crippen LogP contribution in [0.4, 0.5) is 0 Å². The number of benzene rings is 2. The maximum absolute atomic E-state index is 8.03. The first-order valence-electron chi connectivity index (χ1n) is 7.21. The molecule has 0 heterocycles. The van der Waals surface area contributed by atoms with Gasteiger partial charge in [0.25, 0.3) is 0 Å². The number of halogens is 2. The smallest absolute Gasteiger partial charge is 0.0622 e. The van der Waals surface area contributed by atoms with Gasteiger partial charge in [-0.25, -0.2) is 0 Å². The third-order valence-corrected chi connectivity index (χ3v) is 2.35. The van der Waals surface area contributed by atoms with E-state index >= 15 is 0 Å². The topological polar surface area (TPSA) is 0 Å². The summed E-state index contributed by atoms with van der Waals surface area (Å²) < 4.78 is 55.6. The van der Waals surface area contributed by atoms with Gasteiger partial charge in [0, 0.05) is 8.95 Å². The van der Waals surface area contributed by atoms with Crippen molar-refractivity contribution >= 4 is 31.9 Å². The zero-order valence-corrected chi connectivity index (χ0v) is 10.0. The maximum Gasteiger partial charge on any atom is 0.0641 e. The van der Waals surface area contributed by atoms with Crippen molar-refractivity contribution in [3.05, 3.63) is 57.3 Å². The Balaban J connectivity index is 3.00. The van der Waals surface area contributed by atoms with Gasteiger partial charge in [-0.15, -0.1) is 0 Å². The molecule has 0 amide bonds. The highest BCUT2D eigenvalue weighted by atomic mass is 79.9. The lowest BCUT2D eigenvalue weighted by molar-refractivity contribution is 1.56. The molecule has 70 valence electrons. The van der Waals surface area contributed by atoms with Crippen LogP contribution in [0.15, 0.2) is 57.3 Å². The van der Waals surface area contributed by atoms with Gasteiger partial charge in [0.15, 0.2) is 0 Å². The van der Waals surface area contributed by atoms with Crippen LogP contribution in [0.3, 0.4) is 0 Å². The van der Waals surface area contributed by atoms with Crippen molar-refractivity contribution in [1.82, 2.24) is 0 Å². The summed E-state index contributed by atoms with van der Waals surface area (Å²) in [6.07, 6.45) is 0. The molecule has 0 bridgehead atoms. The Morgan fingerprint density at radius 1 is 0.857 bits per heavy atom. The molecule has 0 nitrogen and oxygen atoms in total. The van der Waals surface area contributed by atoms with Gasteiger partial charge in [0.2, 0.25) is 0 Å². The van der Waals surface area contributed by atoms with Gasteiger partial charge in [-0.05, 0) is 29.3 Å². The van der Waals surface area contributed by atoms with Crippen molar-refractivity contribution in [2.45, 2.75) is 0 Å². The van der Waals surface area contributed by atoms with Crippen LogP contribution in [0.25, 0.3) is 11.1 Å². The Morgan fingerprint density at radius 3 is 2.00 bits per heavy atom. The van der Waals surface area contributed by atoms with Crippen LogP contribution >= 0.6 is 31.9 Å². The monoisotopic (exact) mass is 317 g/mol. The Morgan fingerprint density at radius 2 is 1.43 bits per heavy atom. The highest BCUT2D eigenvalue weighted by Crippen LogP contribution is 2.27. The third-order valence-electron chi connectivity index (χ3n) is 1.49. The molecule has 0 N–H and O–H groups in total. The second-order valence-corrected chi connectivity index (χ2v) is 4.17. The van der Waals surface area contributed by atoms with E-state index in [9.17, 15) is 0 Å². The summed E-state index contributed by atoms with van der Waals surface area (Å²) in [6.45, 7) is 0. The van der Waals surface area contributed by atoms with Crippen molar-refractivity contribution in [3.63, 3.8) is 0 Å². The van der Waals surface area contributed by atoms with E-state index in [0.29, 0.717) is 8.95 Å². The van der Waals surface area contributed by atoms with Crippen LogP contribution in [0.2, 0.25) is 0 Å². The summed E-state index contributed by atoms with van der Waals surface area (Å²) in [4.78, 5) is 0. The van der Waals surface area contributed by atoms with Crippen molar-refractivity contribution in [2.24, 2.45) is 0 Å². The minimum Gasteiger partial charge on any atom is -0.0622 e. The normalized spacial score (nSPS) is 17.1. The lowest BCUT2D eigenvalue weighted by atomic mass is 10.1. The number of hydrogen-bond donors (Lipinski definition) is 0. The Kier molecular flexibility index (Phi) is 1.38. The molecule has 0 saturated heterocycles. The molecule has 2 heteroatoms. The molecule has 0 fully saturated rings. The number of rotatable bonds is 1. The minimum absolute atomic E-state index is 0.00625. The van der Waals surface area contributed by atoms with Crippen LogP contribution in [-0.4, -0.2) is 0 Å². The van der Waals surface area contributed by atoms with E-state index < -0.39 is 30.2 Å². The zero-order valence-electron chi connectivity index (χ0n) is 13.8. The standard InChI is InChI=1S/C12H8Br2/c13-11-6-10(7-12(14)8-11)9-4-2-1-3-5-9/h1-8H/i1D,2D,3D,4D,5D,6D,7D. The maximum atomic E-state index is 8.03. The predicted octanol–water partition coefficient (Wildman–Crippen LogP) is 4.88. The molecule has 0 atom stereocenters. The summed E-state index contributed by atoms with van der Waals surface area (Å²) in [5, 5.41) is 0. The summed E-state index contributed by atoms with van der Waals surface area (Å²) in [6, 6.07) is -0.990. The average Bonchev–Trinajstić information content (AvgIpc) is 2.44.